The zero-order chi connectivity index (χ0) is 12.3. The topological polar surface area (TPSA) is 26.0 Å². The van der Waals surface area contributed by atoms with Crippen LogP contribution in [0.5, 0.6) is 0 Å². The third-order valence-electron chi connectivity index (χ3n) is 2.58. The van der Waals surface area contributed by atoms with E-state index in [0.717, 1.165) is 15.9 Å². The molecule has 0 heterocycles. The highest BCUT2D eigenvalue weighted by molar-refractivity contribution is 9.10. The summed E-state index contributed by atoms with van der Waals surface area (Å²) in [6.45, 7) is 2.13. The molecule has 2 rings (SSSR count). The Balaban J connectivity index is 2.10. The van der Waals surface area contributed by atoms with Crippen LogP contribution >= 0.6 is 27.7 Å². The summed E-state index contributed by atoms with van der Waals surface area (Å²) in [5.74, 6) is 0.907. The molecule has 2 aromatic carbocycles. The highest BCUT2D eigenvalue weighted by Crippen LogP contribution is 2.28. The highest BCUT2D eigenvalue weighted by atomic mass is 79.9. The van der Waals surface area contributed by atoms with E-state index in [0.29, 0.717) is 0 Å². The van der Waals surface area contributed by atoms with Gasteiger partial charge in [-0.2, -0.15) is 0 Å². The Morgan fingerprint density at radius 3 is 2.65 bits per heavy atom. The summed E-state index contributed by atoms with van der Waals surface area (Å²) < 4.78 is 1.03. The maximum absolute atomic E-state index is 5.98. The van der Waals surface area contributed by atoms with E-state index in [1.54, 1.807) is 0 Å². The van der Waals surface area contributed by atoms with E-state index in [-0.39, 0.29) is 0 Å². The average Bonchev–Trinajstić information content (AvgIpc) is 2.30. The number of hydrogen-bond acceptors (Lipinski definition) is 2. The summed E-state index contributed by atoms with van der Waals surface area (Å²) in [6.07, 6.45) is 0. The fourth-order valence-corrected chi connectivity index (χ4v) is 2.99. The monoisotopic (exact) mass is 307 g/mol. The minimum absolute atomic E-state index is 0.848. The zero-order valence-electron chi connectivity index (χ0n) is 9.61. The molecule has 0 radical (unpaired) electrons. The second-order valence-electron chi connectivity index (χ2n) is 3.90. The zero-order valence-corrected chi connectivity index (χ0v) is 12.0. The average molecular weight is 308 g/mol. The predicted molar refractivity (Wildman–Crippen MR) is 79.3 cm³/mol. The molecule has 0 amide bonds. The molecule has 0 aliphatic carbocycles. The molecule has 3 heteroatoms. The Labute approximate surface area is 115 Å². The van der Waals surface area contributed by atoms with Gasteiger partial charge in [0.1, 0.15) is 0 Å². The van der Waals surface area contributed by atoms with Crippen LogP contribution in [0, 0.1) is 6.92 Å². The lowest BCUT2D eigenvalue weighted by atomic mass is 10.2. The number of nitrogen functional groups attached to an aromatic ring is 1. The first-order valence-corrected chi connectivity index (χ1v) is 7.17. The molecular formula is C14H14BrNS. The molecule has 0 aromatic heterocycles. The SMILES string of the molecule is Cc1ccccc1SCc1ccc(Br)cc1N. The van der Waals surface area contributed by atoms with Crippen LogP contribution in [0.15, 0.2) is 51.8 Å². The van der Waals surface area contributed by atoms with Crippen molar-refractivity contribution < 1.29 is 0 Å². The minimum Gasteiger partial charge on any atom is -0.398 e. The third-order valence-corrected chi connectivity index (χ3v) is 4.30. The molecular weight excluding hydrogens is 294 g/mol. The summed E-state index contributed by atoms with van der Waals surface area (Å²) in [7, 11) is 0. The number of benzene rings is 2. The van der Waals surface area contributed by atoms with Crippen molar-refractivity contribution >= 4 is 33.4 Å². The fraction of sp³-hybridized carbons (Fsp3) is 0.143. The van der Waals surface area contributed by atoms with Crippen LogP contribution in [0.25, 0.3) is 0 Å². The number of thioether (sulfide) groups is 1. The van der Waals surface area contributed by atoms with Crippen molar-refractivity contribution in [1.29, 1.82) is 0 Å². The van der Waals surface area contributed by atoms with Gasteiger partial charge in [-0.25, -0.2) is 0 Å². The first-order chi connectivity index (χ1) is 8.16. The predicted octanol–water partition coefficient (Wildman–Crippen LogP) is 4.63. The van der Waals surface area contributed by atoms with Crippen LogP contribution in [0.2, 0.25) is 0 Å². The van der Waals surface area contributed by atoms with Gasteiger partial charge in [0.25, 0.3) is 0 Å². The van der Waals surface area contributed by atoms with E-state index in [1.165, 1.54) is 16.0 Å². The van der Waals surface area contributed by atoms with Crippen LogP contribution in [0.1, 0.15) is 11.1 Å². The maximum Gasteiger partial charge on any atom is 0.0366 e. The van der Waals surface area contributed by atoms with Gasteiger partial charge in [-0.1, -0.05) is 40.2 Å². The van der Waals surface area contributed by atoms with E-state index < -0.39 is 0 Å². The van der Waals surface area contributed by atoms with Gasteiger partial charge in [0, 0.05) is 20.8 Å². The van der Waals surface area contributed by atoms with Crippen molar-refractivity contribution in [2.45, 2.75) is 17.6 Å². The normalized spacial score (nSPS) is 10.5. The lowest BCUT2D eigenvalue weighted by Gasteiger charge is -2.07. The Morgan fingerprint density at radius 2 is 1.94 bits per heavy atom. The largest absolute Gasteiger partial charge is 0.398 e. The molecule has 0 atom stereocenters. The summed E-state index contributed by atoms with van der Waals surface area (Å²) in [6, 6.07) is 14.5. The summed E-state index contributed by atoms with van der Waals surface area (Å²) in [5.41, 5.74) is 9.32. The molecule has 1 nitrogen and oxygen atoms in total. The molecule has 0 aliphatic rings. The minimum atomic E-state index is 0.848. The van der Waals surface area contributed by atoms with E-state index in [2.05, 4.69) is 53.2 Å². The van der Waals surface area contributed by atoms with Gasteiger partial charge in [-0.3, -0.25) is 0 Å². The van der Waals surface area contributed by atoms with Crippen LogP contribution in [0.4, 0.5) is 5.69 Å². The van der Waals surface area contributed by atoms with E-state index in [4.69, 9.17) is 5.73 Å². The first kappa shape index (κ1) is 12.5. The maximum atomic E-state index is 5.98. The molecule has 2 N–H and O–H groups in total. The van der Waals surface area contributed by atoms with Gasteiger partial charge in [0.05, 0.1) is 0 Å². The second-order valence-corrected chi connectivity index (χ2v) is 5.83. The number of rotatable bonds is 3. The molecule has 0 bridgehead atoms. The fourth-order valence-electron chi connectivity index (χ4n) is 1.57. The molecule has 0 unspecified atom stereocenters. The molecule has 2 aromatic rings. The summed E-state index contributed by atoms with van der Waals surface area (Å²) >= 11 is 5.24. The van der Waals surface area contributed by atoms with Crippen molar-refractivity contribution in [3.63, 3.8) is 0 Å². The Hall–Kier alpha value is -0.930. The number of nitrogens with two attached hydrogens (primary N) is 1. The lowest BCUT2D eigenvalue weighted by Crippen LogP contribution is -1.92. The molecule has 0 fully saturated rings. The molecule has 17 heavy (non-hydrogen) atoms. The van der Waals surface area contributed by atoms with Crippen molar-refractivity contribution in [1.82, 2.24) is 0 Å². The summed E-state index contributed by atoms with van der Waals surface area (Å²) in [4.78, 5) is 1.31. The van der Waals surface area contributed by atoms with Gasteiger partial charge >= 0.3 is 0 Å². The Kier molecular flexibility index (Phi) is 4.13. The van der Waals surface area contributed by atoms with Gasteiger partial charge < -0.3 is 5.73 Å². The molecule has 88 valence electrons. The van der Waals surface area contributed by atoms with Gasteiger partial charge in [0.15, 0.2) is 0 Å². The first-order valence-electron chi connectivity index (χ1n) is 5.39. The second kappa shape index (κ2) is 5.61. The lowest BCUT2D eigenvalue weighted by molar-refractivity contribution is 1.29. The molecule has 0 spiro atoms. The quantitative estimate of drug-likeness (QED) is 0.661. The van der Waals surface area contributed by atoms with Crippen molar-refractivity contribution in [2.24, 2.45) is 0 Å². The van der Waals surface area contributed by atoms with Crippen molar-refractivity contribution in [3.8, 4) is 0 Å². The van der Waals surface area contributed by atoms with E-state index in [1.807, 2.05) is 23.9 Å². The number of hydrogen-bond donors (Lipinski definition) is 1. The van der Waals surface area contributed by atoms with Crippen molar-refractivity contribution in [2.75, 3.05) is 5.73 Å². The number of anilines is 1. The molecule has 0 aliphatic heterocycles. The number of aryl methyl sites for hydroxylation is 1. The number of halogens is 1. The molecule has 0 saturated heterocycles. The van der Waals surface area contributed by atoms with Gasteiger partial charge in [-0.15, -0.1) is 11.8 Å². The summed E-state index contributed by atoms with van der Waals surface area (Å²) in [5, 5.41) is 0. The highest BCUT2D eigenvalue weighted by Gasteiger charge is 2.02. The smallest absolute Gasteiger partial charge is 0.0366 e. The molecule has 0 saturated carbocycles. The Morgan fingerprint density at radius 1 is 1.18 bits per heavy atom. The van der Waals surface area contributed by atoms with Crippen LogP contribution in [0.3, 0.4) is 0 Å². The van der Waals surface area contributed by atoms with Crippen molar-refractivity contribution in [3.05, 3.63) is 58.1 Å². The van der Waals surface area contributed by atoms with E-state index in [9.17, 15) is 0 Å². The standard InChI is InChI=1S/C14H14BrNS/c1-10-4-2-3-5-14(10)17-9-11-6-7-12(15)8-13(11)16/h2-8H,9,16H2,1H3. The van der Waals surface area contributed by atoms with Crippen LogP contribution < -0.4 is 5.73 Å². The van der Waals surface area contributed by atoms with Crippen LogP contribution in [-0.2, 0) is 5.75 Å². The third kappa shape index (κ3) is 3.27. The van der Waals surface area contributed by atoms with Crippen LogP contribution in [-0.4, -0.2) is 0 Å². The Bertz CT molecular complexity index is 525. The van der Waals surface area contributed by atoms with Gasteiger partial charge in [-0.05, 0) is 36.2 Å². The van der Waals surface area contributed by atoms with Gasteiger partial charge in [0.2, 0.25) is 0 Å². The van der Waals surface area contributed by atoms with E-state index >= 15 is 0 Å².